The molecule has 0 amide bonds. The molecule has 12 nitrogen and oxygen atoms in total. The van der Waals surface area contributed by atoms with E-state index in [9.17, 15) is 16.8 Å². The summed E-state index contributed by atoms with van der Waals surface area (Å²) in [6, 6.07) is 22.3. The number of hydrogen-bond donors (Lipinski definition) is 0. The lowest BCUT2D eigenvalue weighted by atomic mass is 10.1. The molecule has 2 aliphatic heterocycles. The second-order valence-electron chi connectivity index (χ2n) is 10.7. The van der Waals surface area contributed by atoms with E-state index in [1.54, 1.807) is 62.4 Å². The van der Waals surface area contributed by atoms with E-state index in [0.717, 1.165) is 0 Å². The van der Waals surface area contributed by atoms with Gasteiger partial charge >= 0.3 is 20.2 Å². The quantitative estimate of drug-likeness (QED) is 0.105. The van der Waals surface area contributed by atoms with Crippen LogP contribution in [-0.4, -0.2) is 66.9 Å². The van der Waals surface area contributed by atoms with Crippen LogP contribution in [0.5, 0.6) is 11.5 Å². The zero-order valence-corrected chi connectivity index (χ0v) is 26.5. The predicted octanol–water partition coefficient (Wildman–Crippen LogP) is 4.65. The summed E-state index contributed by atoms with van der Waals surface area (Å²) >= 11 is 0. The molecule has 6 rings (SSSR count). The van der Waals surface area contributed by atoms with E-state index in [1.807, 2.05) is 0 Å². The third kappa shape index (κ3) is 8.01. The van der Waals surface area contributed by atoms with Crippen molar-refractivity contribution in [3.63, 3.8) is 0 Å². The molecule has 0 spiro atoms. The van der Waals surface area contributed by atoms with Gasteiger partial charge in [-0.3, -0.25) is 8.57 Å². The number of epoxide rings is 2. The van der Waals surface area contributed by atoms with Gasteiger partial charge in [-0.15, -0.1) is 0 Å². The van der Waals surface area contributed by atoms with Gasteiger partial charge in [0.25, 0.3) is 0 Å². The summed E-state index contributed by atoms with van der Waals surface area (Å²) in [7, 11) is -8.53. The molecule has 0 aliphatic carbocycles. The summed E-state index contributed by atoms with van der Waals surface area (Å²) in [5.74, 6) is 1.32. The van der Waals surface area contributed by atoms with Crippen LogP contribution >= 0.6 is 0 Å². The van der Waals surface area contributed by atoms with Gasteiger partial charge in [-0.1, -0.05) is 22.4 Å². The van der Waals surface area contributed by atoms with Crippen molar-refractivity contribution in [2.24, 2.45) is 10.3 Å². The zero-order valence-electron chi connectivity index (χ0n) is 24.9. The molecular formula is C32H30N2O10S2. The monoisotopic (exact) mass is 666 g/mol. The Morgan fingerprint density at radius 2 is 1.00 bits per heavy atom. The van der Waals surface area contributed by atoms with E-state index >= 15 is 0 Å². The molecular weight excluding hydrogens is 636 g/mol. The van der Waals surface area contributed by atoms with Crippen LogP contribution < -0.4 is 9.47 Å². The van der Waals surface area contributed by atoms with Crippen molar-refractivity contribution in [2.75, 3.05) is 26.4 Å². The fourth-order valence-corrected chi connectivity index (χ4v) is 5.81. The van der Waals surface area contributed by atoms with Gasteiger partial charge in [0.2, 0.25) is 0 Å². The summed E-state index contributed by atoms with van der Waals surface area (Å²) in [4.78, 5) is -0.293. The lowest BCUT2D eigenvalue weighted by Crippen LogP contribution is -2.07. The van der Waals surface area contributed by atoms with E-state index in [4.69, 9.17) is 27.5 Å². The highest BCUT2D eigenvalue weighted by Gasteiger charge is 2.24. The molecule has 2 atom stereocenters. The van der Waals surface area contributed by atoms with E-state index in [0.29, 0.717) is 71.2 Å². The molecule has 2 aliphatic rings. The van der Waals surface area contributed by atoms with Crippen LogP contribution in [0.4, 0.5) is 0 Å². The molecule has 0 radical (unpaired) electrons. The van der Waals surface area contributed by atoms with Crippen molar-refractivity contribution < 1.29 is 44.4 Å². The number of oxime groups is 2. The van der Waals surface area contributed by atoms with Crippen LogP contribution in [0.15, 0.2) is 105 Å². The summed E-state index contributed by atoms with van der Waals surface area (Å²) in [6.07, 6.45) is 0.276. The number of fused-ring (bicyclic) bond motifs is 1. The van der Waals surface area contributed by atoms with Crippen molar-refractivity contribution in [3.05, 3.63) is 96.1 Å². The largest absolute Gasteiger partial charge is 0.491 e. The van der Waals surface area contributed by atoms with E-state index in [2.05, 4.69) is 10.3 Å². The normalized spacial score (nSPS) is 18.2. The molecule has 4 aromatic rings. The molecule has 4 aromatic carbocycles. The number of nitrogens with zero attached hydrogens (tertiary/aromatic N) is 2. The van der Waals surface area contributed by atoms with Crippen LogP contribution in [0, 0.1) is 0 Å². The van der Waals surface area contributed by atoms with Crippen LogP contribution in [0.25, 0.3) is 10.8 Å². The fraction of sp³-hybridized carbons (Fsp3) is 0.250. The molecule has 240 valence electrons. The van der Waals surface area contributed by atoms with Crippen LogP contribution in [0.1, 0.15) is 25.0 Å². The summed E-state index contributed by atoms with van der Waals surface area (Å²) < 4.78 is 82.9. The first kappa shape index (κ1) is 31.5. The smallest absolute Gasteiger partial charge is 0.358 e. The molecule has 2 unspecified atom stereocenters. The van der Waals surface area contributed by atoms with Crippen molar-refractivity contribution in [3.8, 4) is 11.5 Å². The Bertz CT molecular complexity index is 1860. The number of ether oxygens (including phenoxy) is 4. The number of benzene rings is 4. The van der Waals surface area contributed by atoms with Crippen molar-refractivity contribution in [2.45, 2.75) is 35.8 Å². The Kier molecular flexibility index (Phi) is 8.95. The van der Waals surface area contributed by atoms with E-state index in [1.165, 1.54) is 36.4 Å². The molecule has 0 N–H and O–H groups in total. The third-order valence-corrected chi connectivity index (χ3v) is 9.33. The Morgan fingerprint density at radius 1 is 0.630 bits per heavy atom. The molecule has 0 saturated carbocycles. The summed E-state index contributed by atoms with van der Waals surface area (Å²) in [5, 5.41) is 8.55. The third-order valence-electron chi connectivity index (χ3n) is 7.13. The Hall–Kier alpha value is -4.50. The first-order valence-electron chi connectivity index (χ1n) is 14.3. The molecule has 0 aromatic heterocycles. The van der Waals surface area contributed by atoms with Gasteiger partial charge in [-0.2, -0.15) is 16.8 Å². The predicted molar refractivity (Wildman–Crippen MR) is 168 cm³/mol. The van der Waals surface area contributed by atoms with Crippen molar-refractivity contribution in [1.29, 1.82) is 0 Å². The molecule has 46 heavy (non-hydrogen) atoms. The molecule has 2 fully saturated rings. The SMILES string of the molecule is C/C(=N/OS(=O)(=O)c1ccc2cc(S(=O)(=O)O/N=C(\C)c3ccc(OCC4CO4)cc3)ccc2c1)c1ccc(OCC2CO2)cc1. The van der Waals surface area contributed by atoms with Gasteiger partial charge in [0, 0.05) is 0 Å². The summed E-state index contributed by atoms with van der Waals surface area (Å²) in [5.41, 5.74) is 2.00. The standard InChI is InChI=1S/C32H30N2O10S2/c1-21(23-3-9-27(10-4-23)39-17-29-19-41-29)33-43-45(35,36)31-13-7-26-16-32(14-8-25(26)15-31)46(37,38)44-34-22(2)24-5-11-28(12-6-24)40-18-30-20-42-30/h3-16,29-30H,17-20H2,1-2H3/b33-21-,34-22+. The maximum absolute atomic E-state index is 12.9. The van der Waals surface area contributed by atoms with E-state index < -0.39 is 20.2 Å². The highest BCUT2D eigenvalue weighted by molar-refractivity contribution is 7.87. The van der Waals surface area contributed by atoms with Crippen LogP contribution in [-0.2, 0) is 38.3 Å². The second-order valence-corrected chi connectivity index (χ2v) is 13.7. The minimum Gasteiger partial charge on any atom is -0.491 e. The van der Waals surface area contributed by atoms with Gasteiger partial charge in [0.1, 0.15) is 46.7 Å². The lowest BCUT2D eigenvalue weighted by molar-refractivity contribution is 0.263. The number of rotatable bonds is 14. The molecule has 2 heterocycles. The van der Waals surface area contributed by atoms with Gasteiger partial charge in [0.15, 0.2) is 0 Å². The van der Waals surface area contributed by atoms with Gasteiger partial charge in [-0.05, 0) is 109 Å². The molecule has 14 heteroatoms. The first-order chi connectivity index (χ1) is 22.1. The highest BCUT2D eigenvalue weighted by atomic mass is 32.2. The number of hydrogen-bond acceptors (Lipinski definition) is 12. The minimum atomic E-state index is -4.26. The van der Waals surface area contributed by atoms with Gasteiger partial charge in [-0.25, -0.2) is 0 Å². The Labute approximate surface area is 266 Å². The Morgan fingerprint density at radius 3 is 1.35 bits per heavy atom. The minimum absolute atomic E-state index is 0.138. The van der Waals surface area contributed by atoms with E-state index in [-0.39, 0.29) is 22.0 Å². The molecule has 2 saturated heterocycles. The van der Waals surface area contributed by atoms with Crippen molar-refractivity contribution >= 4 is 42.4 Å². The zero-order chi connectivity index (χ0) is 32.3. The fourth-order valence-electron chi connectivity index (χ4n) is 4.21. The van der Waals surface area contributed by atoms with Crippen LogP contribution in [0.3, 0.4) is 0 Å². The second kappa shape index (κ2) is 13.1. The highest BCUT2D eigenvalue weighted by Crippen LogP contribution is 2.25. The average molecular weight is 667 g/mol. The Balaban J connectivity index is 1.09. The topological polar surface area (TPSA) is 155 Å². The maximum Gasteiger partial charge on any atom is 0.358 e. The van der Waals surface area contributed by atoms with Crippen molar-refractivity contribution in [1.82, 2.24) is 0 Å². The van der Waals surface area contributed by atoms with Gasteiger partial charge in [0.05, 0.1) is 24.6 Å². The lowest BCUT2D eigenvalue weighted by Gasteiger charge is -2.08. The van der Waals surface area contributed by atoms with Crippen LogP contribution in [0.2, 0.25) is 0 Å². The molecule has 0 bridgehead atoms. The van der Waals surface area contributed by atoms with Gasteiger partial charge < -0.3 is 18.9 Å². The summed E-state index contributed by atoms with van der Waals surface area (Å²) in [6.45, 7) is 5.59. The average Bonchev–Trinajstić information content (AvgIpc) is 4.00. The maximum atomic E-state index is 12.9. The first-order valence-corrected chi connectivity index (χ1v) is 17.1.